The molecular weight excluding hydrogens is 332 g/mol. The number of hydrogen-bond donors (Lipinski definition) is 0. The Kier molecular flexibility index (Phi) is 3.81. The van der Waals surface area contributed by atoms with E-state index in [1.54, 1.807) is 24.3 Å². The first kappa shape index (κ1) is 15.8. The van der Waals surface area contributed by atoms with E-state index < -0.39 is 10.0 Å². The molecule has 1 aromatic heterocycles. The van der Waals surface area contributed by atoms with Crippen molar-refractivity contribution in [3.8, 4) is 11.3 Å². The van der Waals surface area contributed by atoms with E-state index in [0.29, 0.717) is 5.69 Å². The Labute approximate surface area is 147 Å². The Balaban J connectivity index is 1.98. The standard InChI is InChI=1S/C20H18N2O2S/c1-15-11-13-17(14-12-15)25(23,24)22-20(16-7-3-2-4-8-16)18-9-5-6-10-19(18)21-22/h2-5,7-9,11-14H,6,10H2,1H3. The monoisotopic (exact) mass is 350 g/mol. The zero-order valence-corrected chi connectivity index (χ0v) is 14.7. The number of benzene rings is 2. The average molecular weight is 350 g/mol. The van der Waals surface area contributed by atoms with Gasteiger partial charge in [0.2, 0.25) is 0 Å². The number of aromatic nitrogens is 2. The van der Waals surface area contributed by atoms with Gasteiger partial charge in [0.05, 0.1) is 16.3 Å². The molecule has 0 spiro atoms. The molecule has 5 heteroatoms. The van der Waals surface area contributed by atoms with E-state index >= 15 is 0 Å². The SMILES string of the molecule is Cc1ccc(S(=O)(=O)n2nc3c(c2-c2ccccc2)C=CCC3)cc1. The largest absolute Gasteiger partial charge is 0.283 e. The molecule has 0 unspecified atom stereocenters. The van der Waals surface area contributed by atoms with E-state index in [-0.39, 0.29) is 4.90 Å². The average Bonchev–Trinajstić information content (AvgIpc) is 3.03. The fourth-order valence-electron chi connectivity index (χ4n) is 3.08. The van der Waals surface area contributed by atoms with Crippen LogP contribution in [-0.4, -0.2) is 17.6 Å². The highest BCUT2D eigenvalue weighted by atomic mass is 32.2. The van der Waals surface area contributed by atoms with Crippen LogP contribution in [-0.2, 0) is 16.4 Å². The van der Waals surface area contributed by atoms with Gasteiger partial charge in [-0.25, -0.2) is 0 Å². The molecule has 3 aromatic rings. The molecule has 1 aliphatic carbocycles. The molecular formula is C20H18N2O2S. The zero-order chi connectivity index (χ0) is 17.4. The molecule has 0 N–H and O–H groups in total. The number of allylic oxidation sites excluding steroid dienone is 1. The van der Waals surface area contributed by atoms with Gasteiger partial charge in [-0.2, -0.15) is 17.6 Å². The van der Waals surface area contributed by atoms with Gasteiger partial charge in [-0.05, 0) is 31.9 Å². The molecule has 0 saturated carbocycles. The van der Waals surface area contributed by atoms with Crippen LogP contribution in [0.15, 0.2) is 65.6 Å². The number of hydrogen-bond acceptors (Lipinski definition) is 3. The van der Waals surface area contributed by atoms with Gasteiger partial charge in [-0.15, -0.1) is 0 Å². The molecule has 126 valence electrons. The zero-order valence-electron chi connectivity index (χ0n) is 13.9. The highest BCUT2D eigenvalue weighted by Crippen LogP contribution is 2.33. The second kappa shape index (κ2) is 6.01. The predicted octanol–water partition coefficient (Wildman–Crippen LogP) is 4.05. The summed E-state index contributed by atoms with van der Waals surface area (Å²) in [6.07, 6.45) is 5.68. The molecule has 0 bridgehead atoms. The van der Waals surface area contributed by atoms with Crippen LogP contribution in [0.25, 0.3) is 17.3 Å². The van der Waals surface area contributed by atoms with E-state index in [1.165, 1.54) is 4.09 Å². The third-order valence-electron chi connectivity index (χ3n) is 4.39. The lowest BCUT2D eigenvalue weighted by Crippen LogP contribution is -2.16. The van der Waals surface area contributed by atoms with Gasteiger partial charge in [-0.1, -0.05) is 60.2 Å². The topological polar surface area (TPSA) is 52.0 Å². The predicted molar refractivity (Wildman–Crippen MR) is 98.8 cm³/mol. The molecule has 0 radical (unpaired) electrons. The van der Waals surface area contributed by atoms with Gasteiger partial charge >= 0.3 is 0 Å². The van der Waals surface area contributed by atoms with E-state index in [0.717, 1.165) is 35.2 Å². The molecule has 4 nitrogen and oxygen atoms in total. The number of rotatable bonds is 3. The van der Waals surface area contributed by atoms with Crippen LogP contribution in [0, 0.1) is 6.92 Å². The first-order valence-electron chi connectivity index (χ1n) is 8.23. The summed E-state index contributed by atoms with van der Waals surface area (Å²) >= 11 is 0. The van der Waals surface area contributed by atoms with Gasteiger partial charge in [-0.3, -0.25) is 0 Å². The Morgan fingerprint density at radius 3 is 2.44 bits per heavy atom. The van der Waals surface area contributed by atoms with Crippen LogP contribution in [0.3, 0.4) is 0 Å². The van der Waals surface area contributed by atoms with Crippen LogP contribution in [0.4, 0.5) is 0 Å². The summed E-state index contributed by atoms with van der Waals surface area (Å²) in [5.41, 5.74) is 4.22. The van der Waals surface area contributed by atoms with Crippen molar-refractivity contribution >= 4 is 16.1 Å². The van der Waals surface area contributed by atoms with Crippen LogP contribution in [0.5, 0.6) is 0 Å². The van der Waals surface area contributed by atoms with Crippen molar-refractivity contribution in [3.63, 3.8) is 0 Å². The van der Waals surface area contributed by atoms with Crippen molar-refractivity contribution in [1.82, 2.24) is 9.19 Å². The van der Waals surface area contributed by atoms with E-state index in [2.05, 4.69) is 11.2 Å². The third-order valence-corrected chi connectivity index (χ3v) is 5.98. The molecule has 0 atom stereocenters. The number of nitrogens with zero attached hydrogens (tertiary/aromatic N) is 2. The smallest absolute Gasteiger partial charge is 0.199 e. The van der Waals surface area contributed by atoms with Gasteiger partial charge in [0.1, 0.15) is 0 Å². The molecule has 1 aliphatic rings. The minimum absolute atomic E-state index is 0.249. The second-order valence-electron chi connectivity index (χ2n) is 6.18. The quantitative estimate of drug-likeness (QED) is 0.716. The number of aryl methyl sites for hydroxylation is 2. The van der Waals surface area contributed by atoms with Crippen LogP contribution < -0.4 is 0 Å². The summed E-state index contributed by atoms with van der Waals surface area (Å²) in [7, 11) is -3.76. The molecule has 1 heterocycles. The van der Waals surface area contributed by atoms with Crippen molar-refractivity contribution in [2.75, 3.05) is 0 Å². The first-order chi connectivity index (χ1) is 12.1. The van der Waals surface area contributed by atoms with Crippen molar-refractivity contribution in [3.05, 3.63) is 77.5 Å². The molecule has 25 heavy (non-hydrogen) atoms. The summed E-state index contributed by atoms with van der Waals surface area (Å²) in [6.45, 7) is 1.93. The van der Waals surface area contributed by atoms with E-state index in [9.17, 15) is 8.42 Å². The second-order valence-corrected chi connectivity index (χ2v) is 7.94. The third kappa shape index (κ3) is 2.70. The summed E-state index contributed by atoms with van der Waals surface area (Å²) in [4.78, 5) is 0.249. The highest BCUT2D eigenvalue weighted by molar-refractivity contribution is 7.90. The first-order valence-corrected chi connectivity index (χ1v) is 9.67. The van der Waals surface area contributed by atoms with Crippen LogP contribution in [0.2, 0.25) is 0 Å². The van der Waals surface area contributed by atoms with E-state index in [4.69, 9.17) is 0 Å². The number of fused-ring (bicyclic) bond motifs is 1. The van der Waals surface area contributed by atoms with Crippen molar-refractivity contribution in [2.45, 2.75) is 24.7 Å². The Morgan fingerprint density at radius 2 is 1.72 bits per heavy atom. The summed E-state index contributed by atoms with van der Waals surface area (Å²) in [5.74, 6) is 0. The fraction of sp³-hybridized carbons (Fsp3) is 0.150. The van der Waals surface area contributed by atoms with Crippen LogP contribution in [0.1, 0.15) is 23.2 Å². The minimum Gasteiger partial charge on any atom is -0.199 e. The lowest BCUT2D eigenvalue weighted by Gasteiger charge is -2.10. The van der Waals surface area contributed by atoms with Crippen LogP contribution >= 0.6 is 0 Å². The van der Waals surface area contributed by atoms with Crippen molar-refractivity contribution < 1.29 is 8.42 Å². The summed E-state index contributed by atoms with van der Waals surface area (Å²) in [5, 5.41) is 4.48. The molecule has 0 saturated heterocycles. The lowest BCUT2D eigenvalue weighted by atomic mass is 9.99. The molecule has 2 aromatic carbocycles. The fourth-order valence-corrected chi connectivity index (χ4v) is 4.41. The Hall–Kier alpha value is -2.66. The molecule has 0 fully saturated rings. The van der Waals surface area contributed by atoms with Gasteiger partial charge < -0.3 is 0 Å². The maximum absolute atomic E-state index is 13.2. The molecule has 0 amide bonds. The maximum atomic E-state index is 13.2. The normalized spacial score (nSPS) is 13.6. The summed E-state index contributed by atoms with van der Waals surface area (Å²) < 4.78 is 27.7. The van der Waals surface area contributed by atoms with E-state index in [1.807, 2.05) is 43.3 Å². The van der Waals surface area contributed by atoms with Gasteiger partial charge in [0.25, 0.3) is 10.0 Å². The summed E-state index contributed by atoms with van der Waals surface area (Å²) in [6, 6.07) is 16.4. The molecule has 4 rings (SSSR count). The maximum Gasteiger partial charge on any atom is 0.283 e. The highest BCUT2D eigenvalue weighted by Gasteiger charge is 2.27. The Morgan fingerprint density at radius 1 is 1.00 bits per heavy atom. The molecule has 0 aliphatic heterocycles. The van der Waals surface area contributed by atoms with Gasteiger partial charge in [0, 0.05) is 11.1 Å². The van der Waals surface area contributed by atoms with Crippen molar-refractivity contribution in [1.29, 1.82) is 0 Å². The van der Waals surface area contributed by atoms with Gasteiger partial charge in [0.15, 0.2) is 0 Å². The minimum atomic E-state index is -3.76. The lowest BCUT2D eigenvalue weighted by molar-refractivity contribution is 0.580. The van der Waals surface area contributed by atoms with Crippen molar-refractivity contribution in [2.24, 2.45) is 0 Å². The Bertz CT molecular complexity index is 1050.